The molecule has 3 rings (SSSR count). The quantitative estimate of drug-likeness (QED) is 0.591. The molecule has 8 heteroatoms. The Kier molecular flexibility index (Phi) is 6.20. The Hall–Kier alpha value is -2.71. The summed E-state index contributed by atoms with van der Waals surface area (Å²) in [4.78, 5) is 28.4. The van der Waals surface area contributed by atoms with E-state index in [9.17, 15) is 14.0 Å². The van der Waals surface area contributed by atoms with Gasteiger partial charge in [-0.25, -0.2) is 9.37 Å². The average Bonchev–Trinajstić information content (AvgIpc) is 3.10. The zero-order chi connectivity index (χ0) is 19.2. The monoisotopic (exact) mass is 401 g/mol. The van der Waals surface area contributed by atoms with Gasteiger partial charge in [0.25, 0.3) is 0 Å². The number of carbonyl (C=O) groups is 2. The summed E-state index contributed by atoms with van der Waals surface area (Å²) in [6, 6.07) is 13.3. The van der Waals surface area contributed by atoms with E-state index in [1.807, 2.05) is 17.5 Å². The molecule has 0 aliphatic heterocycles. The van der Waals surface area contributed by atoms with E-state index in [0.29, 0.717) is 10.8 Å². The molecule has 138 valence electrons. The van der Waals surface area contributed by atoms with Crippen LogP contribution in [0.15, 0.2) is 58.8 Å². The molecule has 5 nitrogen and oxygen atoms in total. The number of hydrogen-bond donors (Lipinski definition) is 2. The topological polar surface area (TPSA) is 71.1 Å². The minimum Gasteiger partial charge on any atom is -0.326 e. The lowest BCUT2D eigenvalue weighted by atomic mass is 10.1. The smallest absolute Gasteiger partial charge is 0.236 e. The van der Waals surface area contributed by atoms with Crippen LogP contribution >= 0.6 is 23.1 Å². The van der Waals surface area contributed by atoms with Crippen molar-refractivity contribution in [3.63, 3.8) is 0 Å². The molecule has 2 amide bonds. The molecule has 0 saturated carbocycles. The minimum absolute atomic E-state index is 0.125. The zero-order valence-electron chi connectivity index (χ0n) is 14.4. The maximum absolute atomic E-state index is 12.9. The number of nitrogens with one attached hydrogen (secondary N) is 2. The van der Waals surface area contributed by atoms with Crippen LogP contribution in [-0.2, 0) is 9.59 Å². The predicted molar refractivity (Wildman–Crippen MR) is 108 cm³/mol. The number of thiazole rings is 1. The molecule has 0 unspecified atom stereocenters. The van der Waals surface area contributed by atoms with Gasteiger partial charge in [-0.3, -0.25) is 9.59 Å². The molecule has 3 aromatic rings. The summed E-state index contributed by atoms with van der Waals surface area (Å²) >= 11 is 2.67. The van der Waals surface area contributed by atoms with Crippen molar-refractivity contribution in [2.75, 3.05) is 16.4 Å². The highest BCUT2D eigenvalue weighted by atomic mass is 32.2. The molecule has 0 aliphatic rings. The van der Waals surface area contributed by atoms with Crippen molar-refractivity contribution in [1.82, 2.24) is 4.98 Å². The number of amides is 2. The van der Waals surface area contributed by atoms with E-state index in [1.165, 1.54) is 42.2 Å². The van der Waals surface area contributed by atoms with Gasteiger partial charge >= 0.3 is 0 Å². The van der Waals surface area contributed by atoms with Gasteiger partial charge in [-0.1, -0.05) is 12.1 Å². The van der Waals surface area contributed by atoms with Crippen molar-refractivity contribution in [2.45, 2.75) is 11.8 Å². The molecule has 0 bridgehead atoms. The summed E-state index contributed by atoms with van der Waals surface area (Å²) in [6.07, 6.45) is 0. The Labute approximate surface area is 164 Å². The number of aromatic nitrogens is 1. The summed E-state index contributed by atoms with van der Waals surface area (Å²) in [5, 5.41) is 7.85. The molecule has 0 radical (unpaired) electrons. The maximum atomic E-state index is 12.9. The third kappa shape index (κ3) is 5.63. The summed E-state index contributed by atoms with van der Waals surface area (Å²) < 4.78 is 12.9. The highest BCUT2D eigenvalue weighted by Crippen LogP contribution is 2.26. The SMILES string of the molecule is CC(=O)Nc1ccc(-c2csc(NC(=O)CSc3ccc(F)cc3)n2)cc1. The molecular weight excluding hydrogens is 385 g/mol. The first kappa shape index (κ1) is 19.1. The van der Waals surface area contributed by atoms with Crippen LogP contribution in [0.5, 0.6) is 0 Å². The van der Waals surface area contributed by atoms with Crippen molar-refractivity contribution >= 4 is 45.7 Å². The van der Waals surface area contributed by atoms with Crippen molar-refractivity contribution in [2.24, 2.45) is 0 Å². The van der Waals surface area contributed by atoms with Gasteiger partial charge in [0.2, 0.25) is 11.8 Å². The zero-order valence-corrected chi connectivity index (χ0v) is 16.0. The van der Waals surface area contributed by atoms with Crippen LogP contribution in [0.4, 0.5) is 15.2 Å². The summed E-state index contributed by atoms with van der Waals surface area (Å²) in [5.74, 6) is -0.387. The molecule has 2 aromatic carbocycles. The fourth-order valence-corrected chi connectivity index (χ4v) is 3.66. The molecule has 0 saturated heterocycles. The van der Waals surface area contributed by atoms with Crippen molar-refractivity contribution in [3.8, 4) is 11.3 Å². The van der Waals surface area contributed by atoms with E-state index >= 15 is 0 Å². The van der Waals surface area contributed by atoms with Gasteiger partial charge in [-0.2, -0.15) is 0 Å². The first-order valence-electron chi connectivity index (χ1n) is 8.01. The van der Waals surface area contributed by atoms with Gasteiger partial charge < -0.3 is 10.6 Å². The van der Waals surface area contributed by atoms with Crippen LogP contribution < -0.4 is 10.6 Å². The highest BCUT2D eigenvalue weighted by molar-refractivity contribution is 8.00. The van der Waals surface area contributed by atoms with Crippen LogP contribution in [0.25, 0.3) is 11.3 Å². The first-order chi connectivity index (χ1) is 13.0. The van der Waals surface area contributed by atoms with Gasteiger partial charge in [0.1, 0.15) is 5.82 Å². The Balaban J connectivity index is 1.56. The minimum atomic E-state index is -0.302. The number of hydrogen-bond acceptors (Lipinski definition) is 5. The predicted octanol–water partition coefficient (Wildman–Crippen LogP) is 4.64. The number of thioether (sulfide) groups is 1. The maximum Gasteiger partial charge on any atom is 0.236 e. The third-order valence-corrected chi connectivity index (χ3v) is 5.20. The Bertz CT molecular complexity index is 940. The largest absolute Gasteiger partial charge is 0.326 e. The van der Waals surface area contributed by atoms with Crippen molar-refractivity contribution in [1.29, 1.82) is 0 Å². The van der Waals surface area contributed by atoms with E-state index in [-0.39, 0.29) is 23.4 Å². The number of halogens is 1. The molecule has 0 spiro atoms. The second kappa shape index (κ2) is 8.79. The van der Waals surface area contributed by atoms with E-state index in [2.05, 4.69) is 15.6 Å². The summed E-state index contributed by atoms with van der Waals surface area (Å²) in [6.45, 7) is 1.46. The Morgan fingerprint density at radius 3 is 2.44 bits per heavy atom. The van der Waals surface area contributed by atoms with E-state index in [4.69, 9.17) is 0 Å². The van der Waals surface area contributed by atoms with E-state index in [1.54, 1.807) is 24.3 Å². The standard InChI is InChI=1S/C19H16FN3O2S2/c1-12(24)21-15-6-2-13(3-7-15)17-10-27-19(22-17)23-18(25)11-26-16-8-4-14(20)5-9-16/h2-10H,11H2,1H3,(H,21,24)(H,22,23,25). The first-order valence-corrected chi connectivity index (χ1v) is 9.88. The number of anilines is 2. The Morgan fingerprint density at radius 1 is 1.07 bits per heavy atom. The summed E-state index contributed by atoms with van der Waals surface area (Å²) in [5.41, 5.74) is 2.35. The second-order valence-electron chi connectivity index (χ2n) is 5.59. The van der Waals surface area contributed by atoms with Crippen molar-refractivity contribution in [3.05, 3.63) is 59.7 Å². The lowest BCUT2D eigenvalue weighted by molar-refractivity contribution is -0.114. The fourth-order valence-electron chi connectivity index (χ4n) is 2.23. The van der Waals surface area contributed by atoms with Crippen LogP contribution in [0.2, 0.25) is 0 Å². The molecule has 1 heterocycles. The number of rotatable bonds is 6. The molecule has 0 fully saturated rings. The van der Waals surface area contributed by atoms with Gasteiger partial charge in [0, 0.05) is 28.5 Å². The number of benzene rings is 2. The third-order valence-electron chi connectivity index (χ3n) is 3.44. The fraction of sp³-hybridized carbons (Fsp3) is 0.105. The molecule has 1 aromatic heterocycles. The lowest BCUT2D eigenvalue weighted by Gasteiger charge is -2.03. The van der Waals surface area contributed by atoms with Gasteiger partial charge in [-0.05, 0) is 36.4 Å². The summed E-state index contributed by atoms with van der Waals surface area (Å²) in [7, 11) is 0. The normalized spacial score (nSPS) is 10.4. The van der Waals surface area contributed by atoms with E-state index < -0.39 is 0 Å². The number of nitrogens with zero attached hydrogens (tertiary/aromatic N) is 1. The average molecular weight is 401 g/mol. The molecule has 0 aliphatic carbocycles. The van der Waals surface area contributed by atoms with Gasteiger partial charge in [0.15, 0.2) is 5.13 Å². The van der Waals surface area contributed by atoms with Crippen LogP contribution in [0, 0.1) is 5.82 Å². The second-order valence-corrected chi connectivity index (χ2v) is 7.49. The van der Waals surface area contributed by atoms with Gasteiger partial charge in [-0.15, -0.1) is 23.1 Å². The number of carbonyl (C=O) groups excluding carboxylic acids is 2. The lowest BCUT2D eigenvalue weighted by Crippen LogP contribution is -2.13. The molecule has 27 heavy (non-hydrogen) atoms. The van der Waals surface area contributed by atoms with E-state index in [0.717, 1.165) is 16.2 Å². The molecular formula is C19H16FN3O2S2. The Morgan fingerprint density at radius 2 is 1.78 bits per heavy atom. The van der Waals surface area contributed by atoms with Gasteiger partial charge in [0.05, 0.1) is 11.4 Å². The molecule has 0 atom stereocenters. The highest BCUT2D eigenvalue weighted by Gasteiger charge is 2.09. The molecule has 2 N–H and O–H groups in total. The van der Waals surface area contributed by atoms with Crippen LogP contribution in [-0.4, -0.2) is 22.6 Å². The van der Waals surface area contributed by atoms with Crippen LogP contribution in [0.3, 0.4) is 0 Å². The van der Waals surface area contributed by atoms with Crippen molar-refractivity contribution < 1.29 is 14.0 Å². The van der Waals surface area contributed by atoms with Crippen LogP contribution in [0.1, 0.15) is 6.92 Å².